The molecular weight excluding hydrogens is 399 g/mol. The van der Waals surface area contributed by atoms with Crippen molar-refractivity contribution in [3.63, 3.8) is 0 Å². The van der Waals surface area contributed by atoms with Crippen LogP contribution in [0.4, 0.5) is 8.78 Å². The van der Waals surface area contributed by atoms with Crippen LogP contribution in [0.2, 0.25) is 15.1 Å². The molecule has 1 heterocycles. The van der Waals surface area contributed by atoms with Gasteiger partial charge in [0, 0.05) is 28.3 Å². The number of carbonyl (C=O) groups is 1. The summed E-state index contributed by atoms with van der Waals surface area (Å²) >= 11 is 18.1. The van der Waals surface area contributed by atoms with Gasteiger partial charge < -0.3 is 0 Å². The van der Waals surface area contributed by atoms with Gasteiger partial charge >= 0.3 is 0 Å². The van der Waals surface area contributed by atoms with Crippen molar-refractivity contribution in [2.75, 3.05) is 13.7 Å². The molecule has 0 bridgehead atoms. The minimum Gasteiger partial charge on any atom is -0.275 e. The van der Waals surface area contributed by atoms with Gasteiger partial charge in [-0.3, -0.25) is 14.3 Å². The van der Waals surface area contributed by atoms with Gasteiger partial charge in [-0.2, -0.15) is 5.10 Å². The number of benzene rings is 1. The summed E-state index contributed by atoms with van der Waals surface area (Å²) in [5.74, 6) is -0.730. The number of amides is 1. The molecule has 2 aromatic rings. The smallest absolute Gasteiger partial charge is 0.275 e. The van der Waals surface area contributed by atoms with E-state index in [0.29, 0.717) is 20.6 Å². The van der Waals surface area contributed by atoms with E-state index in [1.165, 1.54) is 32.5 Å². The van der Waals surface area contributed by atoms with Gasteiger partial charge in [-0.15, -0.1) is 0 Å². The molecule has 25 heavy (non-hydrogen) atoms. The lowest BCUT2D eigenvalue weighted by Crippen LogP contribution is -2.32. The molecule has 0 aliphatic heterocycles. The van der Waals surface area contributed by atoms with Crippen LogP contribution in [-0.4, -0.2) is 34.4 Å². The second-order valence-corrected chi connectivity index (χ2v) is 6.34. The van der Waals surface area contributed by atoms with E-state index in [0.717, 1.165) is 9.75 Å². The van der Waals surface area contributed by atoms with E-state index >= 15 is 0 Å². The molecule has 0 fully saturated rings. The number of hydrogen-bond acceptors (Lipinski definition) is 3. The summed E-state index contributed by atoms with van der Waals surface area (Å²) in [6, 6.07) is 3.05. The highest BCUT2D eigenvalue weighted by Crippen LogP contribution is 2.30. The molecule has 0 saturated carbocycles. The highest BCUT2D eigenvalue weighted by Gasteiger charge is 2.27. The van der Waals surface area contributed by atoms with Crippen molar-refractivity contribution in [2.45, 2.75) is 12.8 Å². The zero-order chi connectivity index (χ0) is 18.7. The summed E-state index contributed by atoms with van der Waals surface area (Å²) in [5.41, 5.74) is -0.257. The lowest BCUT2D eigenvalue weighted by molar-refractivity contribution is -0.0944. The maximum absolute atomic E-state index is 13.0. The van der Waals surface area contributed by atoms with Crippen molar-refractivity contribution in [3.8, 4) is 0 Å². The summed E-state index contributed by atoms with van der Waals surface area (Å²) in [6.45, 7) is 0.0496. The van der Waals surface area contributed by atoms with Crippen LogP contribution in [0.15, 0.2) is 18.3 Å². The van der Waals surface area contributed by atoms with Crippen molar-refractivity contribution in [2.24, 2.45) is 7.05 Å². The van der Waals surface area contributed by atoms with Crippen LogP contribution in [0.25, 0.3) is 0 Å². The van der Waals surface area contributed by atoms with E-state index in [4.69, 9.17) is 39.6 Å². The third-order valence-corrected chi connectivity index (χ3v) is 4.30. The fourth-order valence-corrected chi connectivity index (χ4v) is 3.27. The number of halogens is 5. The third-order valence-electron chi connectivity index (χ3n) is 3.41. The first-order chi connectivity index (χ1) is 11.7. The number of carbonyl (C=O) groups excluding carboxylic acids is 1. The highest BCUT2D eigenvalue weighted by atomic mass is 35.5. The van der Waals surface area contributed by atoms with Gasteiger partial charge in [0.2, 0.25) is 0 Å². The number of aromatic nitrogens is 2. The molecule has 0 N–H and O–H groups in total. The number of alkyl halides is 2. The second-order valence-electron chi connectivity index (χ2n) is 5.09. The normalized spacial score (nSPS) is 11.2. The molecular formula is C15H14Cl3F2N3O2. The Hall–Kier alpha value is -1.41. The maximum atomic E-state index is 13.0. The molecule has 1 amide bonds. The summed E-state index contributed by atoms with van der Waals surface area (Å²) in [4.78, 5) is 17.5. The Balaban J connectivity index is 2.19. The fourth-order valence-electron chi connectivity index (χ4n) is 2.27. The fraction of sp³-hybridized carbons (Fsp3) is 0.333. The monoisotopic (exact) mass is 411 g/mol. The average Bonchev–Trinajstić information content (AvgIpc) is 2.91. The van der Waals surface area contributed by atoms with Gasteiger partial charge in [0.15, 0.2) is 0 Å². The van der Waals surface area contributed by atoms with E-state index in [9.17, 15) is 13.6 Å². The molecule has 0 aliphatic carbocycles. The zero-order valence-electron chi connectivity index (χ0n) is 13.3. The van der Waals surface area contributed by atoms with Gasteiger partial charge in [-0.1, -0.05) is 34.8 Å². The summed E-state index contributed by atoms with van der Waals surface area (Å²) < 4.78 is 27.2. The van der Waals surface area contributed by atoms with E-state index in [-0.39, 0.29) is 18.5 Å². The summed E-state index contributed by atoms with van der Waals surface area (Å²) in [7, 11) is 2.72. The first kappa shape index (κ1) is 19.9. The van der Waals surface area contributed by atoms with Crippen molar-refractivity contribution in [3.05, 3.63) is 50.2 Å². The van der Waals surface area contributed by atoms with Crippen molar-refractivity contribution < 1.29 is 18.4 Å². The Morgan fingerprint density at radius 1 is 1.32 bits per heavy atom. The van der Waals surface area contributed by atoms with Crippen molar-refractivity contribution in [1.29, 1.82) is 0 Å². The van der Waals surface area contributed by atoms with E-state index in [2.05, 4.69) is 5.10 Å². The minimum absolute atomic E-state index is 0.0496. The molecule has 0 saturated heterocycles. The lowest BCUT2D eigenvalue weighted by Gasteiger charge is -2.20. The number of hydrogen-bond donors (Lipinski definition) is 0. The minimum atomic E-state index is -2.88. The maximum Gasteiger partial charge on any atom is 0.282 e. The molecule has 10 heteroatoms. The van der Waals surface area contributed by atoms with E-state index in [1.54, 1.807) is 0 Å². The first-order valence-corrected chi connectivity index (χ1v) is 8.19. The molecule has 136 valence electrons. The topological polar surface area (TPSA) is 47.4 Å². The standard InChI is InChI=1S/C15H14Cl3F2N3O2/c1-22-7-10(13(21-22)14(19)20)15(24)23(25-2)4-3-9-11(17)5-8(16)6-12(9)18/h5-7,14H,3-4H2,1-2H3. The van der Waals surface area contributed by atoms with Crippen LogP contribution in [0.5, 0.6) is 0 Å². The molecule has 0 radical (unpaired) electrons. The molecule has 1 aromatic heterocycles. The molecule has 0 spiro atoms. The molecule has 0 atom stereocenters. The van der Waals surface area contributed by atoms with Crippen LogP contribution in [0.1, 0.15) is 28.0 Å². The van der Waals surface area contributed by atoms with Crippen LogP contribution in [0.3, 0.4) is 0 Å². The highest BCUT2D eigenvalue weighted by molar-refractivity contribution is 6.39. The Kier molecular flexibility index (Phi) is 6.62. The molecule has 1 aromatic carbocycles. The first-order valence-electron chi connectivity index (χ1n) is 7.05. The van der Waals surface area contributed by atoms with Gasteiger partial charge in [0.25, 0.3) is 12.3 Å². The van der Waals surface area contributed by atoms with Gasteiger partial charge in [0.1, 0.15) is 5.69 Å². The predicted octanol–water partition coefficient (Wildman–Crippen LogP) is 4.56. The zero-order valence-corrected chi connectivity index (χ0v) is 15.5. The van der Waals surface area contributed by atoms with Crippen LogP contribution >= 0.6 is 34.8 Å². The Labute approximate surface area is 158 Å². The number of aryl methyl sites for hydroxylation is 1. The molecule has 0 unspecified atom stereocenters. The van der Waals surface area contributed by atoms with Gasteiger partial charge in [-0.05, 0) is 24.1 Å². The molecule has 5 nitrogen and oxygen atoms in total. The number of hydroxylamine groups is 2. The summed E-state index contributed by atoms with van der Waals surface area (Å²) in [6.07, 6.45) is -1.41. The quantitative estimate of drug-likeness (QED) is 0.653. The van der Waals surface area contributed by atoms with Gasteiger partial charge in [-0.25, -0.2) is 13.8 Å². The number of rotatable bonds is 6. The van der Waals surface area contributed by atoms with Crippen molar-refractivity contribution in [1.82, 2.24) is 14.8 Å². The van der Waals surface area contributed by atoms with Crippen LogP contribution < -0.4 is 0 Å². The Morgan fingerprint density at radius 3 is 2.44 bits per heavy atom. The molecule has 2 rings (SSSR count). The lowest BCUT2D eigenvalue weighted by atomic mass is 10.1. The van der Waals surface area contributed by atoms with Crippen LogP contribution in [-0.2, 0) is 18.3 Å². The van der Waals surface area contributed by atoms with Crippen LogP contribution in [0, 0.1) is 0 Å². The van der Waals surface area contributed by atoms with E-state index < -0.39 is 18.0 Å². The summed E-state index contributed by atoms with van der Waals surface area (Å²) in [5, 5.41) is 5.63. The largest absolute Gasteiger partial charge is 0.282 e. The van der Waals surface area contributed by atoms with E-state index in [1.807, 2.05) is 0 Å². The third kappa shape index (κ3) is 4.61. The molecule has 0 aliphatic rings. The van der Waals surface area contributed by atoms with Gasteiger partial charge in [0.05, 0.1) is 19.2 Å². The number of nitrogens with zero attached hydrogens (tertiary/aromatic N) is 3. The Bertz CT molecular complexity index is 760. The Morgan fingerprint density at radius 2 is 1.92 bits per heavy atom. The second kappa shape index (κ2) is 8.31. The SMILES string of the molecule is CON(CCc1c(Cl)cc(Cl)cc1Cl)C(=O)c1cn(C)nc1C(F)F. The average molecular weight is 413 g/mol. The van der Waals surface area contributed by atoms with Crippen molar-refractivity contribution >= 4 is 40.7 Å². The predicted molar refractivity (Wildman–Crippen MR) is 91.4 cm³/mol.